The standard InChI is InChI=1S/C27H33ClN2O3/c1-20(27(32)29-17-16-21-6-4-3-5-7-21)30(19-23-10-14-25(33-2)15-11-23)26(31)18-22-8-12-24(28)13-9-22/h6,8-15,20H,3-5,7,16-19H2,1-2H3,(H,29,32). The molecule has 1 aliphatic rings. The molecule has 0 saturated heterocycles. The number of hydrogen-bond acceptors (Lipinski definition) is 3. The summed E-state index contributed by atoms with van der Waals surface area (Å²) in [6.07, 6.45) is 8.11. The zero-order valence-corrected chi connectivity index (χ0v) is 20.2. The van der Waals surface area contributed by atoms with Gasteiger partial charge in [-0.1, -0.05) is 47.5 Å². The third-order valence-corrected chi connectivity index (χ3v) is 6.33. The molecule has 2 amide bonds. The van der Waals surface area contributed by atoms with Crippen LogP contribution in [0.15, 0.2) is 60.2 Å². The van der Waals surface area contributed by atoms with E-state index in [9.17, 15) is 9.59 Å². The summed E-state index contributed by atoms with van der Waals surface area (Å²) in [5.41, 5.74) is 3.22. The molecule has 33 heavy (non-hydrogen) atoms. The lowest BCUT2D eigenvalue weighted by Crippen LogP contribution is -2.48. The molecule has 0 heterocycles. The number of carbonyl (C=O) groups is 2. The normalized spacial score (nSPS) is 14.2. The molecular weight excluding hydrogens is 436 g/mol. The molecule has 2 aromatic carbocycles. The van der Waals surface area contributed by atoms with E-state index in [1.54, 1.807) is 31.1 Å². The second-order valence-corrected chi connectivity index (χ2v) is 8.93. The minimum Gasteiger partial charge on any atom is -0.497 e. The molecule has 3 rings (SSSR count). The maximum absolute atomic E-state index is 13.3. The molecule has 5 nitrogen and oxygen atoms in total. The average molecular weight is 469 g/mol. The number of nitrogens with one attached hydrogen (secondary N) is 1. The van der Waals surface area contributed by atoms with Crippen LogP contribution >= 0.6 is 11.6 Å². The van der Waals surface area contributed by atoms with E-state index < -0.39 is 6.04 Å². The van der Waals surface area contributed by atoms with Gasteiger partial charge in [-0.25, -0.2) is 0 Å². The summed E-state index contributed by atoms with van der Waals surface area (Å²) >= 11 is 5.98. The molecule has 1 aliphatic carbocycles. The van der Waals surface area contributed by atoms with E-state index in [1.165, 1.54) is 18.4 Å². The van der Waals surface area contributed by atoms with Gasteiger partial charge in [-0.2, -0.15) is 0 Å². The summed E-state index contributed by atoms with van der Waals surface area (Å²) in [5, 5.41) is 3.66. The third-order valence-electron chi connectivity index (χ3n) is 6.08. The Balaban J connectivity index is 1.67. The Morgan fingerprint density at radius 1 is 1.06 bits per heavy atom. The topological polar surface area (TPSA) is 58.6 Å². The highest BCUT2D eigenvalue weighted by Crippen LogP contribution is 2.20. The van der Waals surface area contributed by atoms with Crippen molar-refractivity contribution in [3.8, 4) is 5.75 Å². The number of amides is 2. The lowest BCUT2D eigenvalue weighted by atomic mass is 9.97. The summed E-state index contributed by atoms with van der Waals surface area (Å²) in [7, 11) is 1.62. The molecule has 0 radical (unpaired) electrons. The monoisotopic (exact) mass is 468 g/mol. The fourth-order valence-corrected chi connectivity index (χ4v) is 4.14. The van der Waals surface area contributed by atoms with Crippen molar-refractivity contribution in [3.63, 3.8) is 0 Å². The van der Waals surface area contributed by atoms with Crippen LogP contribution in [0.1, 0.15) is 50.2 Å². The van der Waals surface area contributed by atoms with Crippen molar-refractivity contribution in [2.75, 3.05) is 13.7 Å². The number of methoxy groups -OCH3 is 1. The van der Waals surface area contributed by atoms with E-state index in [-0.39, 0.29) is 18.2 Å². The van der Waals surface area contributed by atoms with E-state index in [4.69, 9.17) is 16.3 Å². The summed E-state index contributed by atoms with van der Waals surface area (Å²) in [6.45, 7) is 2.73. The van der Waals surface area contributed by atoms with Gasteiger partial charge < -0.3 is 15.0 Å². The van der Waals surface area contributed by atoms with E-state index in [0.29, 0.717) is 18.1 Å². The predicted octanol–water partition coefficient (Wildman–Crippen LogP) is 5.32. The summed E-state index contributed by atoms with van der Waals surface area (Å²) in [5.74, 6) is 0.510. The van der Waals surface area contributed by atoms with Crippen LogP contribution in [-0.4, -0.2) is 36.4 Å². The highest BCUT2D eigenvalue weighted by Gasteiger charge is 2.26. The van der Waals surface area contributed by atoms with Gasteiger partial charge in [0.15, 0.2) is 0 Å². The van der Waals surface area contributed by atoms with Crippen molar-refractivity contribution in [2.45, 2.75) is 58.0 Å². The maximum Gasteiger partial charge on any atom is 0.242 e. The van der Waals surface area contributed by atoms with Crippen LogP contribution in [0.25, 0.3) is 0 Å². The van der Waals surface area contributed by atoms with Crippen LogP contribution in [0, 0.1) is 0 Å². The van der Waals surface area contributed by atoms with Crippen molar-refractivity contribution in [3.05, 3.63) is 76.3 Å². The summed E-state index contributed by atoms with van der Waals surface area (Å²) in [4.78, 5) is 27.9. The second-order valence-electron chi connectivity index (χ2n) is 8.50. The Bertz CT molecular complexity index is 954. The quantitative estimate of drug-likeness (QED) is 0.480. The number of carbonyl (C=O) groups excluding carboxylic acids is 2. The predicted molar refractivity (Wildman–Crippen MR) is 132 cm³/mol. The first-order valence-electron chi connectivity index (χ1n) is 11.6. The number of allylic oxidation sites excluding steroid dienone is 1. The van der Waals surface area contributed by atoms with E-state index in [1.807, 2.05) is 36.4 Å². The Kier molecular flexibility index (Phi) is 9.37. The number of nitrogens with zero attached hydrogens (tertiary/aromatic N) is 1. The van der Waals surface area contributed by atoms with Crippen LogP contribution in [0.4, 0.5) is 0 Å². The molecule has 2 aromatic rings. The molecule has 0 fully saturated rings. The first-order valence-corrected chi connectivity index (χ1v) is 12.0. The molecule has 1 unspecified atom stereocenters. The number of ether oxygens (including phenoxy) is 1. The average Bonchev–Trinajstić information content (AvgIpc) is 2.84. The van der Waals surface area contributed by atoms with Gasteiger partial charge >= 0.3 is 0 Å². The Hall–Kier alpha value is -2.79. The summed E-state index contributed by atoms with van der Waals surface area (Å²) in [6, 6.07) is 14.2. The first kappa shape index (κ1) is 24.8. The van der Waals surface area contributed by atoms with Crippen LogP contribution in [0.3, 0.4) is 0 Å². The maximum atomic E-state index is 13.3. The Morgan fingerprint density at radius 2 is 1.76 bits per heavy atom. The van der Waals surface area contributed by atoms with Gasteiger partial charge in [0.1, 0.15) is 11.8 Å². The van der Waals surface area contributed by atoms with Crippen LogP contribution in [0.5, 0.6) is 5.75 Å². The van der Waals surface area contributed by atoms with Crippen LogP contribution in [-0.2, 0) is 22.6 Å². The van der Waals surface area contributed by atoms with Gasteiger partial charge in [0.25, 0.3) is 0 Å². The highest BCUT2D eigenvalue weighted by molar-refractivity contribution is 6.30. The molecule has 176 valence electrons. The lowest BCUT2D eigenvalue weighted by Gasteiger charge is -2.29. The van der Waals surface area contributed by atoms with E-state index in [0.717, 1.165) is 36.1 Å². The second kappa shape index (κ2) is 12.4. The molecule has 6 heteroatoms. The van der Waals surface area contributed by atoms with Crippen LogP contribution < -0.4 is 10.1 Å². The highest BCUT2D eigenvalue weighted by atomic mass is 35.5. The largest absolute Gasteiger partial charge is 0.497 e. The van der Waals surface area contributed by atoms with Gasteiger partial charge in [-0.15, -0.1) is 0 Å². The van der Waals surface area contributed by atoms with Crippen molar-refractivity contribution in [2.24, 2.45) is 0 Å². The zero-order chi connectivity index (χ0) is 23.6. The Labute approximate surface area is 201 Å². The van der Waals surface area contributed by atoms with Crippen molar-refractivity contribution in [1.82, 2.24) is 10.2 Å². The van der Waals surface area contributed by atoms with Gasteiger partial charge in [0, 0.05) is 18.1 Å². The van der Waals surface area contributed by atoms with Crippen molar-refractivity contribution in [1.29, 1.82) is 0 Å². The molecule has 0 spiro atoms. The summed E-state index contributed by atoms with van der Waals surface area (Å²) < 4.78 is 5.23. The molecule has 0 bridgehead atoms. The number of benzene rings is 2. The molecule has 1 atom stereocenters. The minimum absolute atomic E-state index is 0.106. The van der Waals surface area contributed by atoms with Crippen LogP contribution in [0.2, 0.25) is 5.02 Å². The smallest absolute Gasteiger partial charge is 0.242 e. The Morgan fingerprint density at radius 3 is 2.39 bits per heavy atom. The SMILES string of the molecule is COc1ccc(CN(C(=O)Cc2ccc(Cl)cc2)C(C)C(=O)NCCC2=CCCCC2)cc1. The van der Waals surface area contributed by atoms with Gasteiger partial charge in [0.2, 0.25) is 11.8 Å². The molecule has 0 aromatic heterocycles. The minimum atomic E-state index is -0.591. The zero-order valence-electron chi connectivity index (χ0n) is 19.5. The van der Waals surface area contributed by atoms with E-state index in [2.05, 4.69) is 11.4 Å². The molecule has 1 N–H and O–H groups in total. The fraction of sp³-hybridized carbons (Fsp3) is 0.407. The van der Waals surface area contributed by atoms with Gasteiger partial charge in [-0.05, 0) is 74.4 Å². The van der Waals surface area contributed by atoms with Crippen molar-refractivity contribution >= 4 is 23.4 Å². The fourth-order valence-electron chi connectivity index (χ4n) is 4.01. The van der Waals surface area contributed by atoms with Gasteiger partial charge in [-0.3, -0.25) is 9.59 Å². The lowest BCUT2D eigenvalue weighted by molar-refractivity contribution is -0.140. The van der Waals surface area contributed by atoms with E-state index >= 15 is 0 Å². The number of halogens is 1. The molecule has 0 aliphatic heterocycles. The number of rotatable bonds is 10. The molecular formula is C27H33ClN2O3. The first-order chi connectivity index (χ1) is 16.0. The van der Waals surface area contributed by atoms with Crippen molar-refractivity contribution < 1.29 is 14.3 Å². The number of hydrogen-bond donors (Lipinski definition) is 1. The third kappa shape index (κ3) is 7.64. The molecule has 0 saturated carbocycles. The van der Waals surface area contributed by atoms with Gasteiger partial charge in [0.05, 0.1) is 13.5 Å².